The first-order valence-electron chi connectivity index (χ1n) is 7.57. The van der Waals surface area contributed by atoms with E-state index in [2.05, 4.69) is 21.2 Å². The number of anilines is 1. The highest BCUT2D eigenvalue weighted by Crippen LogP contribution is 2.25. The Labute approximate surface area is 154 Å². The van der Waals surface area contributed by atoms with Crippen LogP contribution in [0.2, 0.25) is 0 Å². The summed E-state index contributed by atoms with van der Waals surface area (Å²) in [6, 6.07) is 13.6. The second-order valence-electron chi connectivity index (χ2n) is 5.53. The fourth-order valence-corrected chi connectivity index (χ4v) is 2.44. The summed E-state index contributed by atoms with van der Waals surface area (Å²) in [5.41, 5.74) is 1.11. The number of hydrogen-bond donors (Lipinski definition) is 2. The van der Waals surface area contributed by atoms with E-state index in [0.29, 0.717) is 21.5 Å². The van der Waals surface area contributed by atoms with Crippen molar-refractivity contribution < 1.29 is 14.6 Å². The van der Waals surface area contributed by atoms with Gasteiger partial charge in [0.15, 0.2) is 0 Å². The van der Waals surface area contributed by atoms with Gasteiger partial charge in [-0.1, -0.05) is 12.1 Å². The Morgan fingerprint density at radius 1 is 1.32 bits per heavy atom. The SMILES string of the molecule is CC(C)Oc1cccc(NC(=O)/C(C#N)=C\c2ccc(O)c(Br)c2)c1. The van der Waals surface area contributed by atoms with Crippen LogP contribution in [0.3, 0.4) is 0 Å². The molecule has 25 heavy (non-hydrogen) atoms. The molecule has 0 saturated carbocycles. The van der Waals surface area contributed by atoms with Gasteiger partial charge in [0.2, 0.25) is 0 Å². The van der Waals surface area contributed by atoms with Crippen LogP contribution in [0.25, 0.3) is 6.08 Å². The van der Waals surface area contributed by atoms with Crippen LogP contribution in [0, 0.1) is 11.3 Å². The molecule has 5 nitrogen and oxygen atoms in total. The van der Waals surface area contributed by atoms with Gasteiger partial charge >= 0.3 is 0 Å². The van der Waals surface area contributed by atoms with E-state index in [1.807, 2.05) is 19.9 Å². The number of nitriles is 1. The zero-order valence-electron chi connectivity index (χ0n) is 13.8. The molecule has 0 atom stereocenters. The van der Waals surface area contributed by atoms with Crippen LogP contribution in [0.1, 0.15) is 19.4 Å². The Balaban J connectivity index is 2.19. The largest absolute Gasteiger partial charge is 0.507 e. The minimum absolute atomic E-state index is 0.0217. The summed E-state index contributed by atoms with van der Waals surface area (Å²) in [4.78, 5) is 12.3. The first-order valence-corrected chi connectivity index (χ1v) is 8.36. The number of rotatable bonds is 5. The topological polar surface area (TPSA) is 82.3 Å². The Hall–Kier alpha value is -2.78. The molecule has 0 aliphatic carbocycles. The van der Waals surface area contributed by atoms with Gasteiger partial charge in [-0.15, -0.1) is 0 Å². The van der Waals surface area contributed by atoms with Crippen LogP contribution in [-0.2, 0) is 4.79 Å². The molecular formula is C19H17BrN2O3. The van der Waals surface area contributed by atoms with Crippen molar-refractivity contribution in [2.24, 2.45) is 0 Å². The number of aromatic hydroxyl groups is 1. The molecule has 0 aliphatic rings. The molecule has 0 radical (unpaired) electrons. The zero-order chi connectivity index (χ0) is 18.4. The van der Waals surface area contributed by atoms with E-state index in [1.54, 1.807) is 36.4 Å². The summed E-state index contributed by atoms with van der Waals surface area (Å²) >= 11 is 3.20. The van der Waals surface area contributed by atoms with Crippen molar-refractivity contribution in [3.05, 3.63) is 58.1 Å². The molecule has 0 saturated heterocycles. The van der Waals surface area contributed by atoms with Crippen molar-refractivity contribution >= 4 is 33.6 Å². The molecule has 6 heteroatoms. The van der Waals surface area contributed by atoms with E-state index >= 15 is 0 Å². The smallest absolute Gasteiger partial charge is 0.266 e. The summed E-state index contributed by atoms with van der Waals surface area (Å²) in [5.74, 6) is 0.202. The van der Waals surface area contributed by atoms with E-state index in [0.717, 1.165) is 0 Å². The van der Waals surface area contributed by atoms with Gasteiger partial charge < -0.3 is 15.2 Å². The number of nitrogens with zero attached hydrogens (tertiary/aromatic N) is 1. The van der Waals surface area contributed by atoms with E-state index in [9.17, 15) is 15.2 Å². The van der Waals surface area contributed by atoms with Crippen molar-refractivity contribution in [1.82, 2.24) is 0 Å². The van der Waals surface area contributed by atoms with Gasteiger partial charge in [-0.25, -0.2) is 0 Å². The normalized spacial score (nSPS) is 11.1. The highest BCUT2D eigenvalue weighted by Gasteiger charge is 2.11. The quantitative estimate of drug-likeness (QED) is 0.572. The van der Waals surface area contributed by atoms with Crippen molar-refractivity contribution in [2.45, 2.75) is 20.0 Å². The van der Waals surface area contributed by atoms with Gasteiger partial charge in [-0.3, -0.25) is 4.79 Å². The van der Waals surface area contributed by atoms with E-state index in [1.165, 1.54) is 12.1 Å². The van der Waals surface area contributed by atoms with E-state index < -0.39 is 5.91 Å². The maximum Gasteiger partial charge on any atom is 0.266 e. The first-order chi connectivity index (χ1) is 11.9. The lowest BCUT2D eigenvalue weighted by Gasteiger charge is -2.11. The molecule has 0 aromatic heterocycles. The van der Waals surface area contributed by atoms with Crippen LogP contribution < -0.4 is 10.1 Å². The second-order valence-corrected chi connectivity index (χ2v) is 6.38. The number of benzene rings is 2. The van der Waals surface area contributed by atoms with Crippen LogP contribution in [0.4, 0.5) is 5.69 Å². The third kappa shape index (κ3) is 5.37. The number of halogens is 1. The predicted molar refractivity (Wildman–Crippen MR) is 100 cm³/mol. The zero-order valence-corrected chi connectivity index (χ0v) is 15.4. The molecule has 0 heterocycles. The number of phenols is 1. The number of ether oxygens (including phenoxy) is 1. The Kier molecular flexibility index (Phi) is 6.20. The third-order valence-electron chi connectivity index (χ3n) is 3.11. The fraction of sp³-hybridized carbons (Fsp3) is 0.158. The minimum Gasteiger partial charge on any atom is -0.507 e. The molecule has 0 bridgehead atoms. The van der Waals surface area contributed by atoms with Gasteiger partial charge in [0, 0.05) is 11.8 Å². The molecule has 1 amide bonds. The number of hydrogen-bond acceptors (Lipinski definition) is 4. The lowest BCUT2D eigenvalue weighted by Crippen LogP contribution is -2.13. The standard InChI is InChI=1S/C19H17BrN2O3/c1-12(2)25-16-5-3-4-15(10-16)22-19(24)14(11-21)8-13-6-7-18(23)17(20)9-13/h3-10,12,23H,1-2H3,(H,22,24)/b14-8-. The summed E-state index contributed by atoms with van der Waals surface area (Å²) in [5, 5.41) is 21.5. The maximum absolute atomic E-state index is 12.3. The van der Waals surface area contributed by atoms with E-state index in [4.69, 9.17) is 4.74 Å². The Bertz CT molecular complexity index is 854. The first kappa shape index (κ1) is 18.6. The average molecular weight is 401 g/mol. The summed E-state index contributed by atoms with van der Waals surface area (Å²) < 4.78 is 6.07. The summed E-state index contributed by atoms with van der Waals surface area (Å²) in [6.07, 6.45) is 1.47. The van der Waals surface area contributed by atoms with Crippen LogP contribution in [0.5, 0.6) is 11.5 Å². The van der Waals surface area contributed by atoms with Crippen LogP contribution in [0.15, 0.2) is 52.5 Å². The molecule has 2 rings (SSSR count). The monoisotopic (exact) mass is 400 g/mol. The molecule has 2 N–H and O–H groups in total. The average Bonchev–Trinajstić information content (AvgIpc) is 2.55. The Morgan fingerprint density at radius 3 is 2.72 bits per heavy atom. The van der Waals surface area contributed by atoms with Gasteiger partial charge in [-0.05, 0) is 65.7 Å². The van der Waals surface area contributed by atoms with Crippen LogP contribution >= 0.6 is 15.9 Å². The maximum atomic E-state index is 12.3. The van der Waals surface area contributed by atoms with Crippen molar-refractivity contribution in [2.75, 3.05) is 5.32 Å². The molecular weight excluding hydrogens is 384 g/mol. The molecule has 0 unspecified atom stereocenters. The van der Waals surface area contributed by atoms with Gasteiger partial charge in [-0.2, -0.15) is 5.26 Å². The van der Waals surface area contributed by atoms with Gasteiger partial charge in [0.25, 0.3) is 5.91 Å². The van der Waals surface area contributed by atoms with Crippen molar-refractivity contribution in [3.8, 4) is 17.6 Å². The third-order valence-corrected chi connectivity index (χ3v) is 3.75. The summed E-state index contributed by atoms with van der Waals surface area (Å²) in [7, 11) is 0. The van der Waals surface area contributed by atoms with Crippen molar-refractivity contribution in [1.29, 1.82) is 5.26 Å². The van der Waals surface area contributed by atoms with Crippen molar-refractivity contribution in [3.63, 3.8) is 0 Å². The number of nitrogens with one attached hydrogen (secondary N) is 1. The lowest BCUT2D eigenvalue weighted by atomic mass is 10.1. The number of carbonyl (C=O) groups excluding carboxylic acids is 1. The molecule has 2 aromatic rings. The van der Waals surface area contributed by atoms with Gasteiger partial charge in [0.05, 0.1) is 10.6 Å². The predicted octanol–water partition coefficient (Wildman–Crippen LogP) is 4.49. The molecule has 0 spiro atoms. The lowest BCUT2D eigenvalue weighted by molar-refractivity contribution is -0.112. The number of amides is 1. The summed E-state index contributed by atoms with van der Waals surface area (Å²) in [6.45, 7) is 3.83. The highest BCUT2D eigenvalue weighted by atomic mass is 79.9. The highest BCUT2D eigenvalue weighted by molar-refractivity contribution is 9.10. The minimum atomic E-state index is -0.520. The van der Waals surface area contributed by atoms with Gasteiger partial charge in [0.1, 0.15) is 23.1 Å². The van der Waals surface area contributed by atoms with Crippen LogP contribution in [-0.4, -0.2) is 17.1 Å². The number of phenolic OH excluding ortho intramolecular Hbond substituents is 1. The fourth-order valence-electron chi connectivity index (χ4n) is 2.05. The molecule has 0 fully saturated rings. The number of carbonyl (C=O) groups is 1. The molecule has 0 aliphatic heterocycles. The van der Waals surface area contributed by atoms with E-state index in [-0.39, 0.29) is 17.4 Å². The second kappa shape index (κ2) is 8.36. The Morgan fingerprint density at radius 2 is 2.08 bits per heavy atom. The molecule has 2 aromatic carbocycles. The molecule has 128 valence electrons.